The second-order valence-corrected chi connectivity index (χ2v) is 7.54. The van der Waals surface area contributed by atoms with E-state index in [0.29, 0.717) is 24.3 Å². The molecular formula is C16H20N2O4S. The van der Waals surface area contributed by atoms with E-state index in [9.17, 15) is 14.7 Å². The summed E-state index contributed by atoms with van der Waals surface area (Å²) < 4.78 is 5.10. The van der Waals surface area contributed by atoms with E-state index >= 15 is 0 Å². The number of aromatic carboxylic acids is 1. The Morgan fingerprint density at radius 1 is 1.39 bits per heavy atom. The molecule has 1 aromatic heterocycles. The molecule has 3 rings (SSSR count). The van der Waals surface area contributed by atoms with Crippen LogP contribution < -0.4 is 0 Å². The largest absolute Gasteiger partial charge is 0.476 e. The number of fused-ring (bicyclic) bond motifs is 1. The number of aromatic nitrogens is 1. The third-order valence-corrected chi connectivity index (χ3v) is 5.51. The van der Waals surface area contributed by atoms with Gasteiger partial charge in [-0.1, -0.05) is 16.8 Å². The highest BCUT2D eigenvalue weighted by Crippen LogP contribution is 2.36. The molecule has 7 heteroatoms. The van der Waals surface area contributed by atoms with Crippen LogP contribution in [0.4, 0.5) is 0 Å². The molecule has 0 atom stereocenters. The van der Waals surface area contributed by atoms with E-state index in [1.54, 1.807) is 4.90 Å². The summed E-state index contributed by atoms with van der Waals surface area (Å²) in [6.07, 6.45) is 3.59. The van der Waals surface area contributed by atoms with Crippen LogP contribution in [0.5, 0.6) is 0 Å². The van der Waals surface area contributed by atoms with Gasteiger partial charge in [-0.05, 0) is 26.0 Å². The Morgan fingerprint density at radius 3 is 2.83 bits per heavy atom. The van der Waals surface area contributed by atoms with Crippen molar-refractivity contribution < 1.29 is 19.2 Å². The molecule has 0 fully saturated rings. The minimum absolute atomic E-state index is 0.0406. The van der Waals surface area contributed by atoms with Crippen LogP contribution in [0.3, 0.4) is 0 Å². The minimum atomic E-state index is -1.12. The number of carbonyl (C=O) groups excluding carboxylic acids is 1. The van der Waals surface area contributed by atoms with Crippen LogP contribution in [-0.4, -0.2) is 45.1 Å². The molecule has 0 radical (unpaired) electrons. The first-order valence-electron chi connectivity index (χ1n) is 7.68. The van der Waals surface area contributed by atoms with Crippen LogP contribution in [0.1, 0.15) is 42.1 Å². The molecule has 0 spiro atoms. The quantitative estimate of drug-likeness (QED) is 0.853. The summed E-state index contributed by atoms with van der Waals surface area (Å²) in [7, 11) is 0. The highest BCUT2D eigenvalue weighted by molar-refractivity contribution is 7.99. The van der Waals surface area contributed by atoms with Crippen LogP contribution in [-0.2, 0) is 17.8 Å². The van der Waals surface area contributed by atoms with Crippen molar-refractivity contribution in [2.24, 2.45) is 5.41 Å². The van der Waals surface area contributed by atoms with E-state index in [2.05, 4.69) is 11.2 Å². The Balaban J connectivity index is 1.82. The first-order valence-corrected chi connectivity index (χ1v) is 8.84. The molecule has 0 saturated carbocycles. The van der Waals surface area contributed by atoms with Crippen molar-refractivity contribution in [1.29, 1.82) is 0 Å². The Morgan fingerprint density at radius 2 is 2.17 bits per heavy atom. The molecule has 2 aliphatic heterocycles. The summed E-state index contributed by atoms with van der Waals surface area (Å²) in [6.45, 7) is 4.70. The molecule has 23 heavy (non-hydrogen) atoms. The summed E-state index contributed by atoms with van der Waals surface area (Å²) in [6, 6.07) is 0. The van der Waals surface area contributed by atoms with Crippen molar-refractivity contribution in [3.05, 3.63) is 28.7 Å². The van der Waals surface area contributed by atoms with Gasteiger partial charge in [-0.15, -0.1) is 0 Å². The summed E-state index contributed by atoms with van der Waals surface area (Å²) in [5.41, 5.74) is 1.07. The molecule has 0 aromatic carbocycles. The van der Waals surface area contributed by atoms with Crippen LogP contribution in [0.15, 0.2) is 16.2 Å². The highest BCUT2D eigenvalue weighted by Gasteiger charge is 2.38. The van der Waals surface area contributed by atoms with Crippen LogP contribution in [0, 0.1) is 5.41 Å². The van der Waals surface area contributed by atoms with Gasteiger partial charge in [0.15, 0.2) is 5.69 Å². The first-order chi connectivity index (χ1) is 10.9. The normalized spacial score (nSPS) is 18.3. The molecule has 2 aliphatic rings. The van der Waals surface area contributed by atoms with Gasteiger partial charge in [0.25, 0.3) is 0 Å². The molecular weight excluding hydrogens is 316 g/mol. The molecule has 0 unspecified atom stereocenters. The maximum atomic E-state index is 13.0. The Hall–Kier alpha value is -1.76. The Bertz CT molecular complexity index is 678. The smallest absolute Gasteiger partial charge is 0.358 e. The molecule has 1 aromatic rings. The number of amides is 1. The van der Waals surface area contributed by atoms with Gasteiger partial charge < -0.3 is 14.5 Å². The standard InChI is InChI=1S/C16H20N2O4S/c1-16(2,10-4-7-23-8-5-10)15(21)18-6-3-12-11(9-18)13(14(19)20)17-22-12/h4H,3,5-9H2,1-2H3,(H,19,20). The van der Waals surface area contributed by atoms with Crippen molar-refractivity contribution in [3.8, 4) is 0 Å². The lowest BCUT2D eigenvalue weighted by atomic mass is 9.80. The maximum absolute atomic E-state index is 13.0. The van der Waals surface area contributed by atoms with Crippen molar-refractivity contribution in [2.75, 3.05) is 18.1 Å². The molecule has 1 amide bonds. The second-order valence-electron chi connectivity index (χ2n) is 6.39. The zero-order valence-corrected chi connectivity index (χ0v) is 14.1. The van der Waals surface area contributed by atoms with Crippen molar-refractivity contribution in [1.82, 2.24) is 10.1 Å². The Kier molecular flexibility index (Phi) is 4.23. The van der Waals surface area contributed by atoms with Gasteiger partial charge in [0.05, 0.1) is 12.0 Å². The van der Waals surface area contributed by atoms with Gasteiger partial charge in [0, 0.05) is 24.3 Å². The number of hydrogen-bond acceptors (Lipinski definition) is 5. The lowest BCUT2D eigenvalue weighted by molar-refractivity contribution is -0.139. The van der Waals surface area contributed by atoms with Crippen molar-refractivity contribution in [2.45, 2.75) is 33.2 Å². The molecule has 1 N–H and O–H groups in total. The number of carboxylic acids is 1. The fourth-order valence-electron chi connectivity index (χ4n) is 3.18. The second kappa shape index (κ2) is 6.03. The minimum Gasteiger partial charge on any atom is -0.476 e. The van der Waals surface area contributed by atoms with Crippen LogP contribution >= 0.6 is 11.8 Å². The summed E-state index contributed by atoms with van der Waals surface area (Å²) in [5.74, 6) is 1.50. The molecule has 3 heterocycles. The average molecular weight is 336 g/mol. The van der Waals surface area contributed by atoms with Crippen molar-refractivity contribution >= 4 is 23.6 Å². The van der Waals surface area contributed by atoms with Gasteiger partial charge in [-0.25, -0.2) is 4.79 Å². The molecule has 6 nitrogen and oxygen atoms in total. The maximum Gasteiger partial charge on any atom is 0.358 e. The summed E-state index contributed by atoms with van der Waals surface area (Å²) in [5, 5.41) is 12.8. The summed E-state index contributed by atoms with van der Waals surface area (Å²) in [4.78, 5) is 26.0. The zero-order chi connectivity index (χ0) is 16.6. The number of thioether (sulfide) groups is 1. The topological polar surface area (TPSA) is 83.6 Å². The van der Waals surface area contributed by atoms with Gasteiger partial charge in [0.2, 0.25) is 5.91 Å². The fourth-order valence-corrected chi connectivity index (χ4v) is 4.03. The highest BCUT2D eigenvalue weighted by atomic mass is 32.2. The average Bonchev–Trinajstić information content (AvgIpc) is 2.98. The number of carbonyl (C=O) groups is 2. The monoisotopic (exact) mass is 336 g/mol. The van der Waals surface area contributed by atoms with Crippen LogP contribution in [0.2, 0.25) is 0 Å². The molecule has 0 saturated heterocycles. The number of nitrogens with zero attached hydrogens (tertiary/aromatic N) is 2. The number of hydrogen-bond donors (Lipinski definition) is 1. The van der Waals surface area contributed by atoms with Gasteiger partial charge in [-0.2, -0.15) is 11.8 Å². The third kappa shape index (κ3) is 2.89. The molecule has 0 bridgehead atoms. The van der Waals surface area contributed by atoms with E-state index in [4.69, 9.17) is 4.52 Å². The van der Waals surface area contributed by atoms with E-state index in [1.165, 1.54) is 5.57 Å². The van der Waals surface area contributed by atoms with E-state index in [1.807, 2.05) is 25.6 Å². The van der Waals surface area contributed by atoms with Gasteiger partial charge in [0.1, 0.15) is 5.76 Å². The number of carboxylic acid groups (broad SMARTS) is 1. The predicted octanol–water partition coefficient (Wildman–Crippen LogP) is 2.35. The SMILES string of the molecule is CC(C)(C(=O)N1CCc2onc(C(=O)O)c2C1)C1=CCSCC1. The van der Waals surface area contributed by atoms with E-state index in [0.717, 1.165) is 17.9 Å². The molecule has 124 valence electrons. The van der Waals surface area contributed by atoms with E-state index in [-0.39, 0.29) is 18.1 Å². The lowest BCUT2D eigenvalue weighted by Crippen LogP contribution is -2.44. The van der Waals surface area contributed by atoms with Crippen LogP contribution in [0.25, 0.3) is 0 Å². The lowest BCUT2D eigenvalue weighted by Gasteiger charge is -2.36. The first kappa shape index (κ1) is 16.1. The van der Waals surface area contributed by atoms with Gasteiger partial charge >= 0.3 is 5.97 Å². The van der Waals surface area contributed by atoms with Crippen molar-refractivity contribution in [3.63, 3.8) is 0 Å². The molecule has 0 aliphatic carbocycles. The summed E-state index contributed by atoms with van der Waals surface area (Å²) >= 11 is 1.87. The van der Waals surface area contributed by atoms with E-state index < -0.39 is 11.4 Å². The fraction of sp³-hybridized carbons (Fsp3) is 0.562. The predicted molar refractivity (Wildman–Crippen MR) is 86.4 cm³/mol. The Labute approximate surface area is 138 Å². The zero-order valence-electron chi connectivity index (χ0n) is 13.3. The number of rotatable bonds is 3. The van der Waals surface area contributed by atoms with Gasteiger partial charge in [-0.3, -0.25) is 4.79 Å². The third-order valence-electron chi connectivity index (χ3n) is 4.62.